The van der Waals surface area contributed by atoms with Crippen LogP contribution in [0.4, 0.5) is 0 Å². The van der Waals surface area contributed by atoms with Gasteiger partial charge >= 0.3 is 0 Å². The number of aryl methyl sites for hydroxylation is 2. The molecular formula is C18H24N2O3. The third-order valence-corrected chi connectivity index (χ3v) is 4.82. The molecule has 1 aliphatic heterocycles. The Kier molecular flexibility index (Phi) is 4.68. The van der Waals surface area contributed by atoms with Gasteiger partial charge in [0.05, 0.1) is 19.3 Å². The highest BCUT2D eigenvalue weighted by atomic mass is 16.3. The highest BCUT2D eigenvalue weighted by Gasteiger charge is 2.22. The second-order valence-electron chi connectivity index (χ2n) is 6.27. The fourth-order valence-corrected chi connectivity index (χ4v) is 3.16. The molecule has 5 heteroatoms. The molecule has 1 N–H and O–H groups in total. The number of aliphatic hydroxyl groups excluding tert-OH is 1. The zero-order chi connectivity index (χ0) is 16.4. The summed E-state index contributed by atoms with van der Waals surface area (Å²) in [6.45, 7) is 8.09. The van der Waals surface area contributed by atoms with E-state index in [0.29, 0.717) is 13.0 Å². The van der Waals surface area contributed by atoms with Crippen LogP contribution in [0.15, 0.2) is 22.8 Å². The second-order valence-corrected chi connectivity index (χ2v) is 6.27. The average molecular weight is 316 g/mol. The summed E-state index contributed by atoms with van der Waals surface area (Å²) in [5.41, 5.74) is 4.19. The van der Waals surface area contributed by atoms with Crippen LogP contribution < -0.4 is 0 Å². The van der Waals surface area contributed by atoms with Crippen molar-refractivity contribution in [1.82, 2.24) is 9.80 Å². The molecule has 0 spiro atoms. The minimum Gasteiger partial charge on any atom is -0.464 e. The number of furan rings is 1. The molecule has 0 unspecified atom stereocenters. The number of amides is 1. The Bertz CT molecular complexity index is 700. The Morgan fingerprint density at radius 2 is 1.96 bits per heavy atom. The number of rotatable bonds is 4. The molecule has 1 saturated heterocycles. The van der Waals surface area contributed by atoms with Crippen LogP contribution >= 0.6 is 0 Å². The maximum absolute atomic E-state index is 12.5. The molecule has 124 valence electrons. The van der Waals surface area contributed by atoms with Crippen LogP contribution in [0.2, 0.25) is 0 Å². The van der Waals surface area contributed by atoms with Crippen molar-refractivity contribution in [2.75, 3.05) is 39.3 Å². The third-order valence-electron chi connectivity index (χ3n) is 4.82. The first kappa shape index (κ1) is 16.0. The van der Waals surface area contributed by atoms with Gasteiger partial charge in [-0.25, -0.2) is 0 Å². The number of β-amino-alcohol motifs (C(OH)–C–C–N with tert-alkyl or cyclic N) is 1. The molecule has 5 nitrogen and oxygen atoms in total. The molecule has 3 rings (SSSR count). The molecule has 0 aliphatic carbocycles. The summed E-state index contributed by atoms with van der Waals surface area (Å²) in [6, 6.07) is 4.12. The van der Waals surface area contributed by atoms with E-state index < -0.39 is 0 Å². The van der Waals surface area contributed by atoms with Crippen molar-refractivity contribution in [3.05, 3.63) is 35.1 Å². The monoisotopic (exact) mass is 316 g/mol. The minimum atomic E-state index is 0.148. The average Bonchev–Trinajstić information content (AvgIpc) is 2.95. The highest BCUT2D eigenvalue weighted by molar-refractivity contribution is 5.89. The molecule has 2 aromatic rings. The lowest BCUT2D eigenvalue weighted by Crippen LogP contribution is -2.49. The summed E-state index contributed by atoms with van der Waals surface area (Å²) in [7, 11) is 0. The van der Waals surface area contributed by atoms with Crippen molar-refractivity contribution in [3.8, 4) is 0 Å². The molecule has 2 heterocycles. The van der Waals surface area contributed by atoms with Crippen LogP contribution in [-0.4, -0.2) is 60.1 Å². The number of piperazine rings is 1. The molecule has 0 atom stereocenters. The Balaban J connectivity index is 1.68. The quantitative estimate of drug-likeness (QED) is 0.933. The van der Waals surface area contributed by atoms with E-state index in [4.69, 9.17) is 9.52 Å². The highest BCUT2D eigenvalue weighted by Crippen LogP contribution is 2.27. The van der Waals surface area contributed by atoms with E-state index in [1.807, 2.05) is 17.9 Å². The van der Waals surface area contributed by atoms with Crippen LogP contribution in [0.5, 0.6) is 0 Å². The number of nitrogens with zero attached hydrogens (tertiary/aromatic N) is 2. The first-order valence-electron chi connectivity index (χ1n) is 8.17. The van der Waals surface area contributed by atoms with E-state index in [2.05, 4.69) is 17.9 Å². The Morgan fingerprint density at radius 1 is 1.22 bits per heavy atom. The number of carbonyl (C=O) groups excluding carboxylic acids is 1. The lowest BCUT2D eigenvalue weighted by molar-refractivity contribution is -0.132. The summed E-state index contributed by atoms with van der Waals surface area (Å²) in [5.74, 6) is 0.148. The fourth-order valence-electron chi connectivity index (χ4n) is 3.16. The van der Waals surface area contributed by atoms with Gasteiger partial charge in [-0.3, -0.25) is 9.69 Å². The van der Waals surface area contributed by atoms with E-state index in [9.17, 15) is 4.79 Å². The van der Waals surface area contributed by atoms with Gasteiger partial charge in [-0.15, -0.1) is 0 Å². The number of benzene rings is 1. The molecule has 1 aliphatic rings. The second kappa shape index (κ2) is 6.72. The van der Waals surface area contributed by atoms with Crippen LogP contribution in [0.1, 0.15) is 16.7 Å². The van der Waals surface area contributed by atoms with Gasteiger partial charge in [0.15, 0.2) is 0 Å². The third kappa shape index (κ3) is 3.26. The van der Waals surface area contributed by atoms with E-state index in [-0.39, 0.29) is 12.5 Å². The molecule has 1 aromatic carbocycles. The van der Waals surface area contributed by atoms with Gasteiger partial charge in [0.25, 0.3) is 0 Å². The summed E-state index contributed by atoms with van der Waals surface area (Å²) in [4.78, 5) is 16.6. The zero-order valence-corrected chi connectivity index (χ0v) is 13.8. The maximum Gasteiger partial charge on any atom is 0.227 e. The van der Waals surface area contributed by atoms with Crippen molar-refractivity contribution < 1.29 is 14.3 Å². The van der Waals surface area contributed by atoms with Crippen molar-refractivity contribution in [2.24, 2.45) is 0 Å². The molecular weight excluding hydrogens is 292 g/mol. The van der Waals surface area contributed by atoms with Gasteiger partial charge in [-0.05, 0) is 25.0 Å². The van der Waals surface area contributed by atoms with Crippen molar-refractivity contribution in [2.45, 2.75) is 20.3 Å². The number of carbonyl (C=O) groups is 1. The van der Waals surface area contributed by atoms with Gasteiger partial charge in [0.1, 0.15) is 5.58 Å². The zero-order valence-electron chi connectivity index (χ0n) is 13.8. The van der Waals surface area contributed by atoms with Crippen molar-refractivity contribution >= 4 is 16.9 Å². The van der Waals surface area contributed by atoms with Gasteiger partial charge in [-0.1, -0.05) is 12.1 Å². The van der Waals surface area contributed by atoms with Crippen LogP contribution in [-0.2, 0) is 11.2 Å². The van der Waals surface area contributed by atoms with Gasteiger partial charge in [0, 0.05) is 43.7 Å². The van der Waals surface area contributed by atoms with E-state index in [0.717, 1.165) is 48.3 Å². The van der Waals surface area contributed by atoms with Crippen LogP contribution in [0, 0.1) is 13.8 Å². The molecule has 0 bridgehead atoms. The van der Waals surface area contributed by atoms with Crippen molar-refractivity contribution in [1.29, 1.82) is 0 Å². The Labute approximate surface area is 136 Å². The minimum absolute atomic E-state index is 0.148. The summed E-state index contributed by atoms with van der Waals surface area (Å²) >= 11 is 0. The first-order valence-corrected chi connectivity index (χ1v) is 8.17. The number of hydrogen-bond acceptors (Lipinski definition) is 4. The molecule has 1 fully saturated rings. The summed E-state index contributed by atoms with van der Waals surface area (Å²) in [5, 5.41) is 10.0. The van der Waals surface area contributed by atoms with Crippen molar-refractivity contribution in [3.63, 3.8) is 0 Å². The first-order chi connectivity index (χ1) is 11.1. The number of hydrogen-bond donors (Lipinski definition) is 1. The van der Waals surface area contributed by atoms with Gasteiger partial charge in [0.2, 0.25) is 5.91 Å². The smallest absolute Gasteiger partial charge is 0.227 e. The maximum atomic E-state index is 12.5. The normalized spacial score (nSPS) is 16.2. The van der Waals surface area contributed by atoms with E-state index in [1.54, 1.807) is 6.26 Å². The van der Waals surface area contributed by atoms with Gasteiger partial charge in [-0.2, -0.15) is 0 Å². The molecule has 23 heavy (non-hydrogen) atoms. The summed E-state index contributed by atoms with van der Waals surface area (Å²) in [6.07, 6.45) is 2.10. The summed E-state index contributed by atoms with van der Waals surface area (Å²) < 4.78 is 5.69. The molecule has 1 amide bonds. The SMILES string of the molecule is Cc1ccc2c(CC(=O)N3CCN(CCO)CC3)coc2c1C. The Morgan fingerprint density at radius 3 is 2.65 bits per heavy atom. The van der Waals surface area contributed by atoms with E-state index >= 15 is 0 Å². The van der Waals surface area contributed by atoms with E-state index in [1.165, 1.54) is 5.56 Å². The predicted molar refractivity (Wildman–Crippen MR) is 89.5 cm³/mol. The topological polar surface area (TPSA) is 56.9 Å². The largest absolute Gasteiger partial charge is 0.464 e. The number of fused-ring (bicyclic) bond motifs is 1. The lowest BCUT2D eigenvalue weighted by atomic mass is 10.0. The fraction of sp³-hybridized carbons (Fsp3) is 0.500. The molecule has 0 saturated carbocycles. The molecule has 0 radical (unpaired) electrons. The van der Waals surface area contributed by atoms with Gasteiger partial charge < -0.3 is 14.4 Å². The predicted octanol–water partition coefficient (Wildman–Crippen LogP) is 1.73. The number of aliphatic hydroxyl groups is 1. The lowest BCUT2D eigenvalue weighted by Gasteiger charge is -2.34. The Hall–Kier alpha value is -1.85. The standard InChI is InChI=1S/C18H24N2O3/c1-13-3-4-16-15(12-23-18(16)14(13)2)11-17(22)20-7-5-19(6-8-20)9-10-21/h3-4,12,21H,5-11H2,1-2H3. The van der Waals surface area contributed by atoms with Crippen LogP contribution in [0.3, 0.4) is 0 Å². The van der Waals surface area contributed by atoms with Crippen LogP contribution in [0.25, 0.3) is 11.0 Å². The molecule has 1 aromatic heterocycles.